The maximum absolute atomic E-state index is 13.0. The zero-order valence-electron chi connectivity index (χ0n) is 18.5. The third-order valence-corrected chi connectivity index (χ3v) is 8.83. The molecule has 0 bridgehead atoms. The second-order valence-corrected chi connectivity index (χ2v) is 10.8. The van der Waals surface area contributed by atoms with Crippen LogP contribution in [-0.2, 0) is 21.0 Å². The van der Waals surface area contributed by atoms with Crippen LogP contribution in [0, 0.1) is 17.8 Å². The SMILES string of the molecule is CC([C@H](C)C(=O)N[C@@H]1CC[C@H]2CN(S(=O)(=O)c3cccc(C(F)(F)F)c3)C[C@H]21)N(C)C(=O)O. The Morgan fingerprint density at radius 3 is 2.48 bits per heavy atom. The van der Waals surface area contributed by atoms with Crippen LogP contribution in [0.3, 0.4) is 0 Å². The highest BCUT2D eigenvalue weighted by Gasteiger charge is 2.47. The smallest absolute Gasteiger partial charge is 0.416 e. The van der Waals surface area contributed by atoms with Crippen molar-refractivity contribution < 1.29 is 36.3 Å². The topological polar surface area (TPSA) is 107 Å². The van der Waals surface area contributed by atoms with E-state index in [4.69, 9.17) is 5.11 Å². The number of sulfonamides is 1. The molecule has 2 aliphatic rings. The van der Waals surface area contributed by atoms with Crippen molar-refractivity contribution in [3.63, 3.8) is 0 Å². The lowest BCUT2D eigenvalue weighted by Crippen LogP contribution is -2.48. The Morgan fingerprint density at radius 2 is 1.88 bits per heavy atom. The molecule has 3 rings (SSSR count). The molecule has 0 radical (unpaired) electrons. The molecule has 1 saturated heterocycles. The van der Waals surface area contributed by atoms with Gasteiger partial charge in [0.1, 0.15) is 0 Å². The van der Waals surface area contributed by atoms with Crippen molar-refractivity contribution in [1.82, 2.24) is 14.5 Å². The van der Waals surface area contributed by atoms with Gasteiger partial charge in [0.05, 0.1) is 16.4 Å². The van der Waals surface area contributed by atoms with Crippen LogP contribution >= 0.6 is 0 Å². The number of hydrogen-bond acceptors (Lipinski definition) is 4. The van der Waals surface area contributed by atoms with Gasteiger partial charge in [-0.2, -0.15) is 17.5 Å². The van der Waals surface area contributed by atoms with Crippen LogP contribution in [0.1, 0.15) is 32.3 Å². The molecule has 2 fully saturated rings. The summed E-state index contributed by atoms with van der Waals surface area (Å²) in [5.41, 5.74) is -1.03. The first-order valence-corrected chi connectivity index (χ1v) is 12.1. The number of alkyl halides is 3. The molecule has 1 aliphatic carbocycles. The van der Waals surface area contributed by atoms with Crippen molar-refractivity contribution in [3.05, 3.63) is 29.8 Å². The minimum atomic E-state index is -4.65. The maximum Gasteiger partial charge on any atom is 0.416 e. The second-order valence-electron chi connectivity index (χ2n) is 8.89. The summed E-state index contributed by atoms with van der Waals surface area (Å²) in [4.78, 5) is 24.5. The summed E-state index contributed by atoms with van der Waals surface area (Å²) < 4.78 is 66.3. The van der Waals surface area contributed by atoms with E-state index < -0.39 is 44.7 Å². The summed E-state index contributed by atoms with van der Waals surface area (Å²) in [6.07, 6.45) is -4.45. The Bertz CT molecular complexity index is 1020. The minimum Gasteiger partial charge on any atom is -0.465 e. The molecule has 8 nitrogen and oxygen atoms in total. The van der Waals surface area contributed by atoms with Gasteiger partial charge in [0, 0.05) is 32.2 Å². The van der Waals surface area contributed by atoms with E-state index in [1.807, 2.05) is 0 Å². The minimum absolute atomic E-state index is 0.00898. The van der Waals surface area contributed by atoms with Crippen LogP contribution < -0.4 is 5.32 Å². The largest absolute Gasteiger partial charge is 0.465 e. The van der Waals surface area contributed by atoms with E-state index in [0.717, 1.165) is 23.1 Å². The average Bonchev–Trinajstić information content (AvgIpc) is 3.34. The first kappa shape index (κ1) is 25.3. The highest BCUT2D eigenvalue weighted by Crippen LogP contribution is 2.41. The molecule has 1 heterocycles. The molecule has 1 saturated carbocycles. The molecular formula is C21H28F3N3O5S. The van der Waals surface area contributed by atoms with E-state index in [9.17, 15) is 31.2 Å². The number of carbonyl (C=O) groups is 2. The Hall–Kier alpha value is -2.34. The molecule has 5 atom stereocenters. The summed E-state index contributed by atoms with van der Waals surface area (Å²) in [5, 5.41) is 12.1. The van der Waals surface area contributed by atoms with E-state index in [-0.39, 0.29) is 36.9 Å². The molecule has 0 aromatic heterocycles. The third kappa shape index (κ3) is 5.11. The van der Waals surface area contributed by atoms with Crippen LogP contribution in [0.15, 0.2) is 29.2 Å². The lowest BCUT2D eigenvalue weighted by Gasteiger charge is -2.29. The number of carbonyl (C=O) groups excluding carboxylic acids is 1. The molecule has 1 unspecified atom stereocenters. The molecule has 184 valence electrons. The number of halogens is 3. The van der Waals surface area contributed by atoms with E-state index in [0.29, 0.717) is 18.9 Å². The van der Waals surface area contributed by atoms with Gasteiger partial charge in [-0.05, 0) is 49.8 Å². The number of hydrogen-bond donors (Lipinski definition) is 2. The Balaban J connectivity index is 1.69. The number of nitrogens with zero attached hydrogens (tertiary/aromatic N) is 2. The molecule has 33 heavy (non-hydrogen) atoms. The Morgan fingerprint density at radius 1 is 1.21 bits per heavy atom. The highest BCUT2D eigenvalue weighted by molar-refractivity contribution is 7.89. The van der Waals surface area contributed by atoms with Crippen molar-refractivity contribution in [2.45, 2.75) is 49.8 Å². The first-order chi connectivity index (χ1) is 15.2. The van der Waals surface area contributed by atoms with Gasteiger partial charge in [-0.3, -0.25) is 4.79 Å². The molecule has 2 amide bonds. The average molecular weight is 492 g/mol. The van der Waals surface area contributed by atoms with Crippen molar-refractivity contribution in [2.24, 2.45) is 17.8 Å². The molecule has 0 spiro atoms. The molecular weight excluding hydrogens is 463 g/mol. The van der Waals surface area contributed by atoms with Crippen LogP contribution in [0.5, 0.6) is 0 Å². The predicted octanol–water partition coefficient (Wildman–Crippen LogP) is 2.86. The summed E-state index contributed by atoms with van der Waals surface area (Å²) in [5.74, 6) is -1.10. The highest BCUT2D eigenvalue weighted by atomic mass is 32.2. The van der Waals surface area contributed by atoms with Crippen LogP contribution in [0.2, 0.25) is 0 Å². The second kappa shape index (κ2) is 9.13. The van der Waals surface area contributed by atoms with Crippen molar-refractivity contribution in [1.29, 1.82) is 0 Å². The predicted molar refractivity (Wildman–Crippen MR) is 113 cm³/mol. The fraction of sp³-hybridized carbons (Fsp3) is 0.619. The van der Waals surface area contributed by atoms with Crippen LogP contribution in [0.25, 0.3) is 0 Å². The van der Waals surface area contributed by atoms with Gasteiger partial charge in [-0.1, -0.05) is 13.0 Å². The molecule has 1 aromatic rings. The van der Waals surface area contributed by atoms with E-state index in [1.165, 1.54) is 11.4 Å². The summed E-state index contributed by atoms with van der Waals surface area (Å²) in [6.45, 7) is 3.55. The van der Waals surface area contributed by atoms with E-state index in [1.54, 1.807) is 13.8 Å². The number of fused-ring (bicyclic) bond motifs is 1. The number of nitrogens with one attached hydrogen (secondary N) is 1. The quantitative estimate of drug-likeness (QED) is 0.637. The van der Waals surface area contributed by atoms with Gasteiger partial charge in [0.2, 0.25) is 15.9 Å². The summed E-state index contributed by atoms with van der Waals surface area (Å²) in [6, 6.07) is 2.86. The standard InChI is InChI=1S/C21H28F3N3O5S/c1-12(13(2)26(3)20(29)30)19(28)25-18-8-7-14-10-27(11-17(14)18)33(31,32)16-6-4-5-15(9-16)21(22,23)24/h4-6,9,12-14,17-18H,7-8,10-11H2,1-3H3,(H,25,28)(H,29,30)/t12-,13?,14-,17+,18+/m0/s1. The Kier molecular flexibility index (Phi) is 6.99. The number of benzene rings is 1. The lowest BCUT2D eigenvalue weighted by molar-refractivity contribution is -0.137. The zero-order chi connectivity index (χ0) is 24.7. The van der Waals surface area contributed by atoms with Crippen LogP contribution in [-0.4, -0.2) is 67.0 Å². The fourth-order valence-corrected chi connectivity index (χ4v) is 6.21. The monoisotopic (exact) mass is 491 g/mol. The summed E-state index contributed by atoms with van der Waals surface area (Å²) in [7, 11) is -2.73. The normalized spacial score (nSPS) is 25.3. The first-order valence-electron chi connectivity index (χ1n) is 10.7. The molecule has 1 aliphatic heterocycles. The number of carboxylic acid groups (broad SMARTS) is 1. The maximum atomic E-state index is 13.0. The molecule has 1 aromatic carbocycles. The Labute approximate surface area is 190 Å². The van der Waals surface area contributed by atoms with E-state index in [2.05, 4.69) is 5.32 Å². The number of amides is 2. The van der Waals surface area contributed by atoms with Gasteiger partial charge in [-0.25, -0.2) is 13.2 Å². The summed E-state index contributed by atoms with van der Waals surface area (Å²) >= 11 is 0. The third-order valence-electron chi connectivity index (χ3n) is 7.00. The van der Waals surface area contributed by atoms with Crippen molar-refractivity contribution in [3.8, 4) is 0 Å². The van der Waals surface area contributed by atoms with Crippen molar-refractivity contribution >= 4 is 22.0 Å². The fourth-order valence-electron chi connectivity index (χ4n) is 4.62. The van der Waals surface area contributed by atoms with E-state index >= 15 is 0 Å². The van der Waals surface area contributed by atoms with Gasteiger partial charge in [-0.15, -0.1) is 0 Å². The zero-order valence-corrected chi connectivity index (χ0v) is 19.4. The van der Waals surface area contributed by atoms with Gasteiger partial charge >= 0.3 is 12.3 Å². The van der Waals surface area contributed by atoms with Crippen molar-refractivity contribution in [2.75, 3.05) is 20.1 Å². The van der Waals surface area contributed by atoms with Gasteiger partial charge in [0.25, 0.3) is 0 Å². The van der Waals surface area contributed by atoms with Gasteiger partial charge in [0.15, 0.2) is 0 Å². The molecule has 12 heteroatoms. The van der Waals surface area contributed by atoms with Gasteiger partial charge < -0.3 is 15.3 Å². The number of rotatable bonds is 6. The molecule has 2 N–H and O–H groups in total. The lowest BCUT2D eigenvalue weighted by atomic mass is 9.96. The van der Waals surface area contributed by atoms with Crippen LogP contribution in [0.4, 0.5) is 18.0 Å².